The van der Waals surface area contributed by atoms with Crippen LogP contribution in [0, 0.1) is 0 Å². The molecule has 0 bridgehead atoms. The average Bonchev–Trinajstić information content (AvgIpc) is 3.26. The lowest BCUT2D eigenvalue weighted by Crippen LogP contribution is -2.29. The minimum absolute atomic E-state index is 0.598. The van der Waals surface area contributed by atoms with Gasteiger partial charge in [-0.25, -0.2) is 9.29 Å². The van der Waals surface area contributed by atoms with E-state index in [9.17, 15) is 0 Å². The van der Waals surface area contributed by atoms with Gasteiger partial charge in [-0.3, -0.25) is 4.98 Å². The van der Waals surface area contributed by atoms with Crippen LogP contribution in [-0.4, -0.2) is 37.6 Å². The number of hydrogen-bond acceptors (Lipinski definition) is 4. The van der Waals surface area contributed by atoms with Gasteiger partial charge in [0.1, 0.15) is 5.65 Å². The lowest BCUT2D eigenvalue weighted by Gasteiger charge is -2.32. The molecule has 4 heterocycles. The molecular formula is C18H20N4S. The van der Waals surface area contributed by atoms with Crippen LogP contribution in [0.15, 0.2) is 30.7 Å². The number of nitrogens with one attached hydrogen (secondary N) is 1. The van der Waals surface area contributed by atoms with Gasteiger partial charge in [-0.1, -0.05) is 11.9 Å². The van der Waals surface area contributed by atoms with Gasteiger partial charge in [0.15, 0.2) is 0 Å². The summed E-state index contributed by atoms with van der Waals surface area (Å²) in [4.78, 5) is 12.3. The van der Waals surface area contributed by atoms with Gasteiger partial charge >= 0.3 is 0 Å². The molecule has 23 heavy (non-hydrogen) atoms. The van der Waals surface area contributed by atoms with Crippen LogP contribution in [0.25, 0.3) is 21.9 Å². The van der Waals surface area contributed by atoms with Crippen LogP contribution in [0.1, 0.15) is 37.2 Å². The highest BCUT2D eigenvalue weighted by Crippen LogP contribution is 2.41. The van der Waals surface area contributed by atoms with Crippen molar-refractivity contribution in [3.63, 3.8) is 0 Å². The highest BCUT2D eigenvalue weighted by Gasteiger charge is 2.29. The monoisotopic (exact) mass is 324 g/mol. The highest BCUT2D eigenvalue weighted by atomic mass is 32.2. The maximum Gasteiger partial charge on any atom is 0.137 e. The number of piperidine rings is 1. The van der Waals surface area contributed by atoms with Gasteiger partial charge in [-0.05, 0) is 49.3 Å². The van der Waals surface area contributed by atoms with Gasteiger partial charge in [-0.2, -0.15) is 0 Å². The van der Waals surface area contributed by atoms with E-state index in [-0.39, 0.29) is 0 Å². The van der Waals surface area contributed by atoms with Crippen LogP contribution in [0.4, 0.5) is 0 Å². The molecule has 5 heteroatoms. The largest absolute Gasteiger partial charge is 0.346 e. The van der Waals surface area contributed by atoms with E-state index in [1.807, 2.05) is 18.6 Å². The molecule has 0 spiro atoms. The topological polar surface area (TPSA) is 44.8 Å². The number of aromatic amines is 1. The van der Waals surface area contributed by atoms with Gasteiger partial charge in [0.2, 0.25) is 0 Å². The fourth-order valence-electron chi connectivity index (χ4n) is 3.70. The van der Waals surface area contributed by atoms with E-state index in [0.29, 0.717) is 5.92 Å². The molecule has 2 aliphatic rings. The standard InChI is InChI=1S/C18H20N4S/c1-2-12(11-22(9-1)23-13-3-4-13)14-5-7-19-16-10-21-18-15(17(14)16)6-8-20-18/h5-8,10,12-13H,1-4,9,11H2,(H,20,21). The lowest BCUT2D eigenvalue weighted by atomic mass is 9.89. The van der Waals surface area contributed by atoms with Gasteiger partial charge in [0.05, 0.1) is 11.7 Å². The predicted molar refractivity (Wildman–Crippen MR) is 95.6 cm³/mol. The molecule has 1 aliphatic carbocycles. The Morgan fingerprint density at radius 3 is 3.04 bits per heavy atom. The van der Waals surface area contributed by atoms with Crippen LogP contribution in [0.3, 0.4) is 0 Å². The Morgan fingerprint density at radius 1 is 1.17 bits per heavy atom. The molecule has 2 fully saturated rings. The quantitative estimate of drug-likeness (QED) is 0.737. The van der Waals surface area contributed by atoms with Crippen LogP contribution in [0.2, 0.25) is 0 Å². The second-order valence-electron chi connectivity index (χ2n) is 6.69. The van der Waals surface area contributed by atoms with E-state index in [2.05, 4.69) is 43.3 Å². The third kappa shape index (κ3) is 2.52. The van der Waals surface area contributed by atoms with Crippen molar-refractivity contribution < 1.29 is 0 Å². The SMILES string of the molecule is c1cc(C2CCCN(SC3CC3)C2)c2c(cnc3[nH]ccc32)n1. The predicted octanol–water partition coefficient (Wildman–Crippen LogP) is 4.10. The summed E-state index contributed by atoms with van der Waals surface area (Å²) in [5.74, 6) is 0.598. The van der Waals surface area contributed by atoms with Crippen LogP contribution < -0.4 is 0 Å². The molecule has 1 saturated heterocycles. The third-order valence-electron chi connectivity index (χ3n) is 4.97. The van der Waals surface area contributed by atoms with Crippen LogP contribution in [0.5, 0.6) is 0 Å². The molecule has 5 rings (SSSR count). The number of aromatic nitrogens is 3. The molecule has 4 nitrogen and oxygen atoms in total. The second-order valence-corrected chi connectivity index (χ2v) is 8.08. The minimum Gasteiger partial charge on any atom is -0.346 e. The van der Waals surface area contributed by atoms with E-state index in [1.165, 1.54) is 48.6 Å². The van der Waals surface area contributed by atoms with Crippen LogP contribution in [-0.2, 0) is 0 Å². The lowest BCUT2D eigenvalue weighted by molar-refractivity contribution is 0.343. The number of hydrogen-bond donors (Lipinski definition) is 1. The molecule has 3 aromatic rings. The Morgan fingerprint density at radius 2 is 2.13 bits per heavy atom. The number of fused-ring (bicyclic) bond motifs is 3. The van der Waals surface area contributed by atoms with E-state index < -0.39 is 0 Å². The van der Waals surface area contributed by atoms with E-state index in [1.54, 1.807) is 0 Å². The zero-order valence-electron chi connectivity index (χ0n) is 13.0. The van der Waals surface area contributed by atoms with Crippen molar-refractivity contribution in [3.8, 4) is 0 Å². The van der Waals surface area contributed by atoms with Crippen molar-refractivity contribution in [2.24, 2.45) is 0 Å². The molecule has 0 amide bonds. The van der Waals surface area contributed by atoms with Crippen LogP contribution >= 0.6 is 11.9 Å². The smallest absolute Gasteiger partial charge is 0.137 e. The van der Waals surface area contributed by atoms with Crippen molar-refractivity contribution in [1.29, 1.82) is 0 Å². The zero-order valence-corrected chi connectivity index (χ0v) is 13.9. The summed E-state index contributed by atoms with van der Waals surface area (Å²) in [6, 6.07) is 4.36. The van der Waals surface area contributed by atoms with Crippen molar-refractivity contribution in [2.75, 3.05) is 13.1 Å². The molecule has 1 saturated carbocycles. The normalized spacial score (nSPS) is 22.9. The summed E-state index contributed by atoms with van der Waals surface area (Å²) in [6.45, 7) is 2.40. The van der Waals surface area contributed by atoms with Gasteiger partial charge in [0, 0.05) is 41.5 Å². The summed E-state index contributed by atoms with van der Waals surface area (Å²) in [5.41, 5.74) is 3.43. The first-order valence-corrected chi connectivity index (χ1v) is 9.34. The number of pyridine rings is 2. The fourth-order valence-corrected chi connectivity index (χ4v) is 4.97. The van der Waals surface area contributed by atoms with E-state index >= 15 is 0 Å². The molecule has 1 atom stereocenters. The first-order chi connectivity index (χ1) is 11.4. The third-order valence-corrected chi connectivity index (χ3v) is 6.37. The Balaban J connectivity index is 1.57. The molecule has 0 radical (unpaired) electrons. The average molecular weight is 324 g/mol. The molecular weight excluding hydrogens is 304 g/mol. The first kappa shape index (κ1) is 13.8. The molecule has 1 unspecified atom stereocenters. The van der Waals surface area contributed by atoms with Crippen molar-refractivity contribution >= 4 is 33.9 Å². The van der Waals surface area contributed by atoms with Gasteiger partial charge < -0.3 is 4.98 Å². The van der Waals surface area contributed by atoms with E-state index in [4.69, 9.17) is 0 Å². The minimum atomic E-state index is 0.598. The van der Waals surface area contributed by atoms with Crippen molar-refractivity contribution in [2.45, 2.75) is 36.9 Å². The number of nitrogens with zero attached hydrogens (tertiary/aromatic N) is 3. The zero-order chi connectivity index (χ0) is 15.2. The van der Waals surface area contributed by atoms with Gasteiger partial charge in [0.25, 0.3) is 0 Å². The maximum atomic E-state index is 4.55. The van der Waals surface area contributed by atoms with Gasteiger partial charge in [-0.15, -0.1) is 0 Å². The summed E-state index contributed by atoms with van der Waals surface area (Å²) in [7, 11) is 0. The Kier molecular flexibility index (Phi) is 3.30. The summed E-state index contributed by atoms with van der Waals surface area (Å²) in [6.07, 6.45) is 11.2. The molecule has 1 N–H and O–H groups in total. The molecule has 0 aromatic carbocycles. The van der Waals surface area contributed by atoms with E-state index in [0.717, 1.165) is 23.0 Å². The Bertz CT molecular complexity index is 854. The Labute approximate surface area is 139 Å². The van der Waals surface area contributed by atoms with Crippen molar-refractivity contribution in [3.05, 3.63) is 36.3 Å². The summed E-state index contributed by atoms with van der Waals surface area (Å²) >= 11 is 2.09. The summed E-state index contributed by atoms with van der Waals surface area (Å²) < 4.78 is 2.60. The molecule has 1 aliphatic heterocycles. The maximum absolute atomic E-state index is 4.55. The molecule has 118 valence electrons. The highest BCUT2D eigenvalue weighted by molar-refractivity contribution is 7.97. The number of rotatable bonds is 3. The second kappa shape index (κ2) is 5.49. The fraction of sp³-hybridized carbons (Fsp3) is 0.444. The first-order valence-electron chi connectivity index (χ1n) is 8.51. The molecule has 3 aromatic heterocycles. The van der Waals surface area contributed by atoms with Crippen molar-refractivity contribution in [1.82, 2.24) is 19.3 Å². The Hall–Kier alpha value is -1.59. The summed E-state index contributed by atoms with van der Waals surface area (Å²) in [5, 5.41) is 3.39. The number of H-pyrrole nitrogens is 1.